The van der Waals surface area contributed by atoms with Crippen LogP contribution in [-0.2, 0) is 20.7 Å². The number of hydrogen-bond acceptors (Lipinski definition) is 4. The van der Waals surface area contributed by atoms with Gasteiger partial charge in [-0.15, -0.1) is 0 Å². The fraction of sp³-hybridized carbons (Fsp3) is 0.667. The van der Waals surface area contributed by atoms with Crippen LogP contribution in [0, 0.1) is 0 Å². The highest BCUT2D eigenvalue weighted by Crippen LogP contribution is 2.36. The molecule has 3 rings (SSSR count). The van der Waals surface area contributed by atoms with Crippen molar-refractivity contribution in [3.8, 4) is 0 Å². The molecule has 2 aliphatic rings. The summed E-state index contributed by atoms with van der Waals surface area (Å²) in [6, 6.07) is 3.65. The molecule has 0 N–H and O–H groups in total. The molecule has 0 saturated carbocycles. The Morgan fingerprint density at radius 1 is 1.50 bits per heavy atom. The summed E-state index contributed by atoms with van der Waals surface area (Å²) in [5.41, 5.74) is -0.0673. The van der Waals surface area contributed by atoms with Gasteiger partial charge in [-0.1, -0.05) is 0 Å². The SMILES string of the molecule is CO[C@H]1COC2(CCN(C(=O)Cc3ccco3)CC2)C1. The summed E-state index contributed by atoms with van der Waals surface area (Å²) in [5, 5.41) is 0. The molecule has 3 heterocycles. The third-order valence-electron chi connectivity index (χ3n) is 4.44. The van der Waals surface area contributed by atoms with E-state index in [0.29, 0.717) is 13.0 Å². The predicted octanol–water partition coefficient (Wildman–Crippen LogP) is 1.62. The third kappa shape index (κ3) is 2.74. The lowest BCUT2D eigenvalue weighted by atomic mass is 9.88. The molecule has 20 heavy (non-hydrogen) atoms. The van der Waals surface area contributed by atoms with Crippen LogP contribution in [0.5, 0.6) is 0 Å². The lowest BCUT2D eigenvalue weighted by molar-refractivity contribution is -0.135. The minimum Gasteiger partial charge on any atom is -0.469 e. The van der Waals surface area contributed by atoms with E-state index in [4.69, 9.17) is 13.9 Å². The molecule has 1 aromatic rings. The Kier molecular flexibility index (Phi) is 3.81. The number of likely N-dealkylation sites (tertiary alicyclic amines) is 1. The molecular formula is C15H21NO4. The zero-order chi connectivity index (χ0) is 14.0. The standard InChI is InChI=1S/C15H21NO4/c1-18-13-10-15(20-11-13)4-6-16(7-5-15)14(17)9-12-3-2-8-19-12/h2-3,8,13H,4-7,9-11H2,1H3/t13-/m1/s1. The minimum atomic E-state index is -0.0673. The van der Waals surface area contributed by atoms with Crippen molar-refractivity contribution in [2.24, 2.45) is 0 Å². The number of piperidine rings is 1. The second-order valence-corrected chi connectivity index (χ2v) is 5.69. The van der Waals surface area contributed by atoms with Crippen LogP contribution in [0.1, 0.15) is 25.0 Å². The summed E-state index contributed by atoms with van der Waals surface area (Å²) in [6.45, 7) is 2.20. The first kappa shape index (κ1) is 13.6. The van der Waals surface area contributed by atoms with Crippen molar-refractivity contribution in [1.29, 1.82) is 0 Å². The summed E-state index contributed by atoms with van der Waals surface area (Å²) in [7, 11) is 1.73. The summed E-state index contributed by atoms with van der Waals surface area (Å²) in [4.78, 5) is 14.1. The maximum Gasteiger partial charge on any atom is 0.230 e. The molecule has 5 heteroatoms. The number of amides is 1. The Hall–Kier alpha value is -1.33. The first-order valence-corrected chi connectivity index (χ1v) is 7.18. The van der Waals surface area contributed by atoms with Crippen molar-refractivity contribution in [3.63, 3.8) is 0 Å². The molecule has 1 spiro atoms. The summed E-state index contributed by atoms with van der Waals surface area (Å²) >= 11 is 0. The Morgan fingerprint density at radius 2 is 2.30 bits per heavy atom. The van der Waals surface area contributed by atoms with Crippen molar-refractivity contribution in [2.45, 2.75) is 37.4 Å². The van der Waals surface area contributed by atoms with Gasteiger partial charge in [0, 0.05) is 26.6 Å². The first-order chi connectivity index (χ1) is 9.71. The molecule has 1 atom stereocenters. The van der Waals surface area contributed by atoms with E-state index < -0.39 is 0 Å². The number of nitrogens with zero attached hydrogens (tertiary/aromatic N) is 1. The fourth-order valence-corrected chi connectivity index (χ4v) is 3.14. The molecule has 5 nitrogen and oxygen atoms in total. The molecule has 1 amide bonds. The third-order valence-corrected chi connectivity index (χ3v) is 4.44. The normalized spacial score (nSPS) is 25.2. The molecule has 0 bridgehead atoms. The average Bonchev–Trinajstić information content (AvgIpc) is 3.10. The molecule has 1 aromatic heterocycles. The lowest BCUT2D eigenvalue weighted by Gasteiger charge is -2.38. The van der Waals surface area contributed by atoms with Gasteiger partial charge in [-0.3, -0.25) is 4.79 Å². The molecule has 0 radical (unpaired) electrons. The van der Waals surface area contributed by atoms with Crippen LogP contribution in [0.4, 0.5) is 0 Å². The van der Waals surface area contributed by atoms with Gasteiger partial charge in [0.15, 0.2) is 0 Å². The van der Waals surface area contributed by atoms with Gasteiger partial charge in [0.05, 0.1) is 31.0 Å². The van der Waals surface area contributed by atoms with Gasteiger partial charge in [-0.05, 0) is 25.0 Å². The second kappa shape index (κ2) is 5.58. The monoisotopic (exact) mass is 279 g/mol. The minimum absolute atomic E-state index is 0.0673. The summed E-state index contributed by atoms with van der Waals surface area (Å²) in [5.74, 6) is 0.864. The van der Waals surface area contributed by atoms with E-state index in [2.05, 4.69) is 0 Å². The van der Waals surface area contributed by atoms with Crippen molar-refractivity contribution >= 4 is 5.91 Å². The van der Waals surface area contributed by atoms with Crippen molar-refractivity contribution in [3.05, 3.63) is 24.2 Å². The van der Waals surface area contributed by atoms with E-state index in [1.165, 1.54) is 0 Å². The summed E-state index contributed by atoms with van der Waals surface area (Å²) < 4.78 is 16.5. The number of hydrogen-bond donors (Lipinski definition) is 0. The predicted molar refractivity (Wildman–Crippen MR) is 72.3 cm³/mol. The maximum absolute atomic E-state index is 12.2. The number of furan rings is 1. The van der Waals surface area contributed by atoms with Gasteiger partial charge < -0.3 is 18.8 Å². The lowest BCUT2D eigenvalue weighted by Crippen LogP contribution is -2.47. The number of rotatable bonds is 3. The molecule has 0 aromatic carbocycles. The fourth-order valence-electron chi connectivity index (χ4n) is 3.14. The number of ether oxygens (including phenoxy) is 2. The molecule has 2 saturated heterocycles. The zero-order valence-corrected chi connectivity index (χ0v) is 11.8. The van der Waals surface area contributed by atoms with E-state index >= 15 is 0 Å². The Bertz CT molecular complexity index is 448. The van der Waals surface area contributed by atoms with Crippen LogP contribution in [0.25, 0.3) is 0 Å². The number of carbonyl (C=O) groups excluding carboxylic acids is 1. The second-order valence-electron chi connectivity index (χ2n) is 5.69. The summed E-state index contributed by atoms with van der Waals surface area (Å²) in [6.07, 6.45) is 4.91. The first-order valence-electron chi connectivity index (χ1n) is 7.18. The van der Waals surface area contributed by atoms with Gasteiger partial charge in [-0.25, -0.2) is 0 Å². The van der Waals surface area contributed by atoms with Crippen LogP contribution < -0.4 is 0 Å². The van der Waals surface area contributed by atoms with E-state index in [1.54, 1.807) is 13.4 Å². The molecule has 110 valence electrons. The number of methoxy groups -OCH3 is 1. The highest BCUT2D eigenvalue weighted by molar-refractivity contribution is 5.78. The smallest absolute Gasteiger partial charge is 0.230 e. The van der Waals surface area contributed by atoms with Crippen LogP contribution >= 0.6 is 0 Å². The van der Waals surface area contributed by atoms with Gasteiger partial charge >= 0.3 is 0 Å². The highest BCUT2D eigenvalue weighted by atomic mass is 16.6. The molecule has 2 aliphatic heterocycles. The van der Waals surface area contributed by atoms with Crippen LogP contribution in [0.15, 0.2) is 22.8 Å². The van der Waals surface area contributed by atoms with Crippen LogP contribution in [-0.4, -0.2) is 49.3 Å². The zero-order valence-electron chi connectivity index (χ0n) is 11.8. The van der Waals surface area contributed by atoms with Gasteiger partial charge in [-0.2, -0.15) is 0 Å². The maximum atomic E-state index is 12.2. The Balaban J connectivity index is 1.52. The number of carbonyl (C=O) groups is 1. The molecular weight excluding hydrogens is 258 g/mol. The van der Waals surface area contributed by atoms with Gasteiger partial charge in [0.25, 0.3) is 0 Å². The van der Waals surface area contributed by atoms with E-state index in [9.17, 15) is 4.79 Å². The average molecular weight is 279 g/mol. The van der Waals surface area contributed by atoms with Crippen molar-refractivity contribution < 1.29 is 18.7 Å². The van der Waals surface area contributed by atoms with Crippen molar-refractivity contribution in [2.75, 3.05) is 26.8 Å². The largest absolute Gasteiger partial charge is 0.469 e. The Morgan fingerprint density at radius 3 is 2.90 bits per heavy atom. The van der Waals surface area contributed by atoms with E-state index in [1.807, 2.05) is 17.0 Å². The molecule has 0 aliphatic carbocycles. The van der Waals surface area contributed by atoms with Crippen molar-refractivity contribution in [1.82, 2.24) is 4.90 Å². The van der Waals surface area contributed by atoms with Crippen LogP contribution in [0.3, 0.4) is 0 Å². The quantitative estimate of drug-likeness (QED) is 0.843. The van der Waals surface area contributed by atoms with E-state index in [0.717, 1.165) is 38.1 Å². The van der Waals surface area contributed by atoms with Gasteiger partial charge in [0.1, 0.15) is 5.76 Å². The van der Waals surface area contributed by atoms with Crippen LogP contribution in [0.2, 0.25) is 0 Å². The van der Waals surface area contributed by atoms with E-state index in [-0.39, 0.29) is 17.6 Å². The molecule has 2 fully saturated rings. The highest BCUT2D eigenvalue weighted by Gasteiger charge is 2.43. The van der Waals surface area contributed by atoms with Gasteiger partial charge in [0.2, 0.25) is 5.91 Å². The molecule has 0 unspecified atom stereocenters. The topological polar surface area (TPSA) is 51.9 Å². The Labute approximate surface area is 118 Å².